The summed E-state index contributed by atoms with van der Waals surface area (Å²) >= 11 is 0. The molecule has 0 spiro atoms. The largest absolute Gasteiger partial charge is 0.376 e. The molecule has 3 aromatic rings. The first-order valence-electron chi connectivity index (χ1n) is 9.80. The number of aryl methyl sites for hydroxylation is 1. The van der Waals surface area contributed by atoms with Gasteiger partial charge in [-0.05, 0) is 33.6 Å². The van der Waals surface area contributed by atoms with Crippen LogP contribution in [-0.4, -0.2) is 67.0 Å². The Morgan fingerprint density at radius 3 is 3.00 bits per heavy atom. The molecule has 0 unspecified atom stereocenters. The molecule has 0 saturated carbocycles. The number of hydrogen-bond donors (Lipinski definition) is 1. The van der Waals surface area contributed by atoms with Crippen molar-refractivity contribution in [2.24, 2.45) is 0 Å². The molecule has 0 aliphatic carbocycles. The normalized spacial score (nSPS) is 26.5. The number of ether oxygens (including phenoxy) is 1. The van der Waals surface area contributed by atoms with Gasteiger partial charge < -0.3 is 19.5 Å². The number of piperazine rings is 1. The Balaban J connectivity index is 1.69. The zero-order valence-corrected chi connectivity index (χ0v) is 16.1. The highest BCUT2D eigenvalue weighted by Crippen LogP contribution is 2.29. The minimum Gasteiger partial charge on any atom is -0.376 e. The lowest BCUT2D eigenvalue weighted by Crippen LogP contribution is -2.54. The number of anilines is 1. The van der Waals surface area contributed by atoms with E-state index in [1.807, 2.05) is 4.40 Å². The van der Waals surface area contributed by atoms with Crippen molar-refractivity contribution in [2.45, 2.75) is 58.3 Å². The topological polar surface area (TPSA) is 85.4 Å². The zero-order chi connectivity index (χ0) is 18.5. The third kappa shape index (κ3) is 2.76. The zero-order valence-electron chi connectivity index (χ0n) is 16.1. The van der Waals surface area contributed by atoms with Crippen LogP contribution >= 0.6 is 0 Å². The number of imidazole rings is 1. The van der Waals surface area contributed by atoms with Crippen LogP contribution in [0, 0.1) is 6.92 Å². The van der Waals surface area contributed by atoms with Gasteiger partial charge in [-0.3, -0.25) is 0 Å². The van der Waals surface area contributed by atoms with E-state index in [1.165, 1.54) is 0 Å². The molecule has 0 bridgehead atoms. The highest BCUT2D eigenvalue weighted by atomic mass is 16.5. The Morgan fingerprint density at radius 1 is 1.30 bits per heavy atom. The van der Waals surface area contributed by atoms with Crippen LogP contribution in [0.15, 0.2) is 6.33 Å². The van der Waals surface area contributed by atoms with E-state index in [4.69, 9.17) is 14.7 Å². The quantitative estimate of drug-likeness (QED) is 0.740. The van der Waals surface area contributed by atoms with Gasteiger partial charge in [-0.2, -0.15) is 4.98 Å². The van der Waals surface area contributed by atoms with Crippen molar-refractivity contribution in [1.82, 2.24) is 34.4 Å². The van der Waals surface area contributed by atoms with Crippen LogP contribution < -0.4 is 10.2 Å². The van der Waals surface area contributed by atoms with E-state index < -0.39 is 0 Å². The molecule has 2 aliphatic heterocycles. The van der Waals surface area contributed by atoms with Crippen molar-refractivity contribution < 1.29 is 4.74 Å². The van der Waals surface area contributed by atoms with Gasteiger partial charge in [0.1, 0.15) is 17.7 Å². The fraction of sp³-hybridized carbons (Fsp3) is 0.667. The van der Waals surface area contributed by atoms with Crippen LogP contribution in [0.1, 0.15) is 32.5 Å². The summed E-state index contributed by atoms with van der Waals surface area (Å²) in [5, 5.41) is 11.9. The van der Waals surface area contributed by atoms with E-state index in [9.17, 15) is 0 Å². The summed E-state index contributed by atoms with van der Waals surface area (Å²) in [6.07, 6.45) is 4.18. The van der Waals surface area contributed by atoms with Crippen molar-refractivity contribution in [3.63, 3.8) is 0 Å². The smallest absolute Gasteiger partial charge is 0.258 e. The molecule has 2 aliphatic rings. The number of aromatic nitrogens is 6. The Kier molecular flexibility index (Phi) is 4.01. The monoisotopic (exact) mass is 370 g/mol. The second-order valence-corrected chi connectivity index (χ2v) is 7.82. The summed E-state index contributed by atoms with van der Waals surface area (Å²) in [6, 6.07) is 0.744. The molecule has 3 atom stereocenters. The summed E-state index contributed by atoms with van der Waals surface area (Å²) < 4.78 is 10.1. The summed E-state index contributed by atoms with van der Waals surface area (Å²) in [4.78, 5) is 12.1. The standard InChI is InChI=1S/C18H26N8O/c1-11-8-24(12(2)7-19-11)16-15-17(26-10-20-23-18(26)22-16)25(13(3)21-15)9-14-5-4-6-27-14/h10-12,14,19H,4-9H2,1-3H3/t11-,12+,14+/m1/s1. The van der Waals surface area contributed by atoms with Gasteiger partial charge >= 0.3 is 0 Å². The number of hydrogen-bond acceptors (Lipinski definition) is 7. The van der Waals surface area contributed by atoms with Crippen molar-refractivity contribution in [2.75, 3.05) is 24.6 Å². The first-order valence-corrected chi connectivity index (χ1v) is 9.80. The third-order valence-electron chi connectivity index (χ3n) is 5.75. The molecule has 3 aromatic heterocycles. The second-order valence-electron chi connectivity index (χ2n) is 7.82. The molecular formula is C18H26N8O. The summed E-state index contributed by atoms with van der Waals surface area (Å²) in [7, 11) is 0. The van der Waals surface area contributed by atoms with Crippen LogP contribution in [0.25, 0.3) is 16.9 Å². The van der Waals surface area contributed by atoms with Crippen molar-refractivity contribution in [3.8, 4) is 0 Å². The van der Waals surface area contributed by atoms with Crippen molar-refractivity contribution in [3.05, 3.63) is 12.2 Å². The minimum absolute atomic E-state index is 0.238. The second kappa shape index (κ2) is 6.42. The molecule has 0 amide bonds. The van der Waals surface area contributed by atoms with Crippen molar-refractivity contribution in [1.29, 1.82) is 0 Å². The Bertz CT molecular complexity index is 973. The highest BCUT2D eigenvalue weighted by molar-refractivity contribution is 5.87. The molecule has 9 heteroatoms. The van der Waals surface area contributed by atoms with Gasteiger partial charge in [-0.15, -0.1) is 10.2 Å². The van der Waals surface area contributed by atoms with E-state index in [1.54, 1.807) is 6.33 Å². The average molecular weight is 370 g/mol. The van der Waals surface area contributed by atoms with Crippen LogP contribution in [0.5, 0.6) is 0 Å². The fourth-order valence-electron chi connectivity index (χ4n) is 4.28. The van der Waals surface area contributed by atoms with Gasteiger partial charge in [0.15, 0.2) is 11.5 Å². The predicted molar refractivity (Wildman–Crippen MR) is 102 cm³/mol. The first kappa shape index (κ1) is 16.9. The Morgan fingerprint density at radius 2 is 2.19 bits per heavy atom. The summed E-state index contributed by atoms with van der Waals surface area (Å²) in [6.45, 7) is 9.94. The third-order valence-corrected chi connectivity index (χ3v) is 5.75. The van der Waals surface area contributed by atoms with Crippen molar-refractivity contribution >= 4 is 22.8 Å². The molecule has 1 N–H and O–H groups in total. The van der Waals surface area contributed by atoms with Gasteiger partial charge in [0, 0.05) is 31.8 Å². The van der Waals surface area contributed by atoms with Crippen LogP contribution in [0.2, 0.25) is 0 Å². The van der Waals surface area contributed by atoms with Gasteiger partial charge in [-0.1, -0.05) is 0 Å². The lowest BCUT2D eigenvalue weighted by Gasteiger charge is -2.38. The predicted octanol–water partition coefficient (Wildman–Crippen LogP) is 1.15. The summed E-state index contributed by atoms with van der Waals surface area (Å²) in [5.41, 5.74) is 1.92. The van der Waals surface area contributed by atoms with Crippen LogP contribution in [0.4, 0.5) is 5.82 Å². The van der Waals surface area contributed by atoms with E-state index in [-0.39, 0.29) is 6.10 Å². The average Bonchev–Trinajstić information content (AvgIpc) is 3.38. The molecule has 9 nitrogen and oxygen atoms in total. The van der Waals surface area contributed by atoms with Crippen LogP contribution in [-0.2, 0) is 11.3 Å². The molecule has 0 aromatic carbocycles. The number of fused-ring (bicyclic) bond motifs is 3. The SMILES string of the molecule is Cc1nc2c(N3C[C@@H](C)NC[C@@H]3C)nc3nncn3c2n1C[C@@H]1CCCO1. The van der Waals surface area contributed by atoms with E-state index in [0.717, 1.165) is 61.9 Å². The van der Waals surface area contributed by atoms with Gasteiger partial charge in [0.05, 0.1) is 12.6 Å². The van der Waals surface area contributed by atoms with Gasteiger partial charge in [0.25, 0.3) is 5.78 Å². The van der Waals surface area contributed by atoms with Crippen LogP contribution in [0.3, 0.4) is 0 Å². The number of nitrogens with zero attached hydrogens (tertiary/aromatic N) is 7. The minimum atomic E-state index is 0.238. The highest BCUT2D eigenvalue weighted by Gasteiger charge is 2.29. The van der Waals surface area contributed by atoms with E-state index in [2.05, 4.69) is 45.8 Å². The maximum absolute atomic E-state index is 5.88. The fourth-order valence-corrected chi connectivity index (χ4v) is 4.28. The maximum atomic E-state index is 5.88. The molecular weight excluding hydrogens is 344 g/mol. The summed E-state index contributed by atoms with van der Waals surface area (Å²) in [5.74, 6) is 2.49. The lowest BCUT2D eigenvalue weighted by atomic mass is 10.1. The first-order chi connectivity index (χ1) is 13.1. The Labute approximate surface area is 157 Å². The van der Waals surface area contributed by atoms with E-state index in [0.29, 0.717) is 17.9 Å². The number of rotatable bonds is 3. The molecule has 2 saturated heterocycles. The Hall–Kier alpha value is -2.26. The lowest BCUT2D eigenvalue weighted by molar-refractivity contribution is 0.0972. The number of nitrogens with one attached hydrogen (secondary N) is 1. The molecule has 144 valence electrons. The molecule has 0 radical (unpaired) electrons. The van der Waals surface area contributed by atoms with Gasteiger partial charge in [0.2, 0.25) is 0 Å². The molecule has 5 heterocycles. The van der Waals surface area contributed by atoms with E-state index >= 15 is 0 Å². The molecule has 2 fully saturated rings. The molecule has 5 rings (SSSR count). The van der Waals surface area contributed by atoms with Gasteiger partial charge in [-0.25, -0.2) is 9.38 Å². The molecule has 27 heavy (non-hydrogen) atoms. The maximum Gasteiger partial charge on any atom is 0.258 e.